The van der Waals surface area contributed by atoms with Gasteiger partial charge in [-0.3, -0.25) is 0 Å². The minimum Gasteiger partial charge on any atom is -0.493 e. The van der Waals surface area contributed by atoms with E-state index in [-0.39, 0.29) is 17.5 Å². The first kappa shape index (κ1) is 16.8. The minimum absolute atomic E-state index is 0.0356. The van der Waals surface area contributed by atoms with Crippen LogP contribution >= 0.6 is 0 Å². The first-order valence-electron chi connectivity index (χ1n) is 8.10. The Kier molecular flexibility index (Phi) is 5.03. The van der Waals surface area contributed by atoms with Crippen molar-refractivity contribution in [3.8, 4) is 17.2 Å². The lowest BCUT2D eigenvalue weighted by molar-refractivity contribution is 0.318. The number of benzene rings is 1. The SMILES string of the molecule is CCCOc1ccccc1-c1nnc(NC2CCS(=O)(=O)CC2)o1. The molecule has 0 aliphatic carbocycles. The van der Waals surface area contributed by atoms with Gasteiger partial charge in [0.2, 0.25) is 0 Å². The Bertz CT molecular complexity index is 774. The molecule has 24 heavy (non-hydrogen) atoms. The molecule has 0 saturated carbocycles. The van der Waals surface area contributed by atoms with Crippen molar-refractivity contribution in [2.24, 2.45) is 0 Å². The van der Waals surface area contributed by atoms with Gasteiger partial charge in [-0.1, -0.05) is 24.2 Å². The molecule has 1 saturated heterocycles. The molecule has 0 unspecified atom stereocenters. The summed E-state index contributed by atoms with van der Waals surface area (Å²) in [5.74, 6) is 1.48. The topological polar surface area (TPSA) is 94.3 Å². The Morgan fingerprint density at radius 3 is 2.75 bits per heavy atom. The molecule has 2 aromatic rings. The van der Waals surface area contributed by atoms with E-state index in [0.717, 1.165) is 12.0 Å². The van der Waals surface area contributed by atoms with E-state index in [4.69, 9.17) is 9.15 Å². The highest BCUT2D eigenvalue weighted by Gasteiger charge is 2.25. The van der Waals surface area contributed by atoms with Gasteiger partial charge < -0.3 is 14.5 Å². The van der Waals surface area contributed by atoms with Gasteiger partial charge in [-0.25, -0.2) is 8.42 Å². The van der Waals surface area contributed by atoms with Crippen molar-refractivity contribution in [2.45, 2.75) is 32.2 Å². The molecule has 0 radical (unpaired) electrons. The van der Waals surface area contributed by atoms with Crippen molar-refractivity contribution < 1.29 is 17.6 Å². The fraction of sp³-hybridized carbons (Fsp3) is 0.500. The lowest BCUT2D eigenvalue weighted by Crippen LogP contribution is -2.32. The summed E-state index contributed by atoms with van der Waals surface area (Å²) in [5, 5.41) is 11.2. The van der Waals surface area contributed by atoms with Crippen LogP contribution in [-0.2, 0) is 9.84 Å². The van der Waals surface area contributed by atoms with E-state index in [1.165, 1.54) is 0 Å². The van der Waals surface area contributed by atoms with Gasteiger partial charge in [0.25, 0.3) is 5.89 Å². The summed E-state index contributed by atoms with van der Waals surface area (Å²) in [6.07, 6.45) is 2.02. The second kappa shape index (κ2) is 7.21. The molecule has 1 fully saturated rings. The van der Waals surface area contributed by atoms with Crippen LogP contribution in [0.2, 0.25) is 0 Å². The maximum Gasteiger partial charge on any atom is 0.315 e. The average molecular weight is 351 g/mol. The van der Waals surface area contributed by atoms with Crippen LogP contribution in [-0.4, -0.2) is 42.8 Å². The van der Waals surface area contributed by atoms with E-state index in [9.17, 15) is 8.42 Å². The average Bonchev–Trinajstić information content (AvgIpc) is 3.03. The van der Waals surface area contributed by atoms with Gasteiger partial charge in [0, 0.05) is 6.04 Å². The van der Waals surface area contributed by atoms with Crippen LogP contribution < -0.4 is 10.1 Å². The zero-order chi connectivity index (χ0) is 17.0. The standard InChI is InChI=1S/C16H21N3O4S/c1-2-9-22-14-6-4-3-5-13(14)15-18-19-16(23-15)17-12-7-10-24(20,21)11-8-12/h3-6,12H,2,7-11H2,1H3,(H,17,19). The molecule has 1 aliphatic rings. The molecule has 7 nitrogen and oxygen atoms in total. The lowest BCUT2D eigenvalue weighted by Gasteiger charge is -2.21. The maximum absolute atomic E-state index is 11.5. The predicted octanol–water partition coefficient (Wildman–Crippen LogP) is 2.51. The summed E-state index contributed by atoms with van der Waals surface area (Å²) < 4.78 is 34.3. The summed E-state index contributed by atoms with van der Waals surface area (Å²) in [5.41, 5.74) is 0.748. The van der Waals surface area contributed by atoms with Gasteiger partial charge in [0.05, 0.1) is 23.7 Å². The molecule has 0 spiro atoms. The monoisotopic (exact) mass is 351 g/mol. The Labute approximate surface area is 141 Å². The molecule has 1 N–H and O–H groups in total. The Hall–Kier alpha value is -2.09. The van der Waals surface area contributed by atoms with E-state index in [1.807, 2.05) is 31.2 Å². The van der Waals surface area contributed by atoms with E-state index in [2.05, 4.69) is 15.5 Å². The highest BCUT2D eigenvalue weighted by molar-refractivity contribution is 7.91. The molecular formula is C16H21N3O4S. The van der Waals surface area contributed by atoms with Gasteiger partial charge >= 0.3 is 6.01 Å². The molecule has 0 bridgehead atoms. The zero-order valence-electron chi connectivity index (χ0n) is 13.6. The number of nitrogens with zero attached hydrogens (tertiary/aromatic N) is 2. The number of hydrogen-bond donors (Lipinski definition) is 1. The summed E-state index contributed by atoms with van der Waals surface area (Å²) >= 11 is 0. The fourth-order valence-electron chi connectivity index (χ4n) is 2.58. The molecular weight excluding hydrogens is 330 g/mol. The summed E-state index contributed by atoms with van der Waals surface area (Å²) in [7, 11) is -2.88. The van der Waals surface area contributed by atoms with E-state index in [0.29, 0.717) is 37.1 Å². The smallest absolute Gasteiger partial charge is 0.315 e. The summed E-state index contributed by atoms with van der Waals surface area (Å²) in [4.78, 5) is 0. The van der Waals surface area contributed by atoms with Gasteiger partial charge in [0.15, 0.2) is 0 Å². The highest BCUT2D eigenvalue weighted by atomic mass is 32.2. The Morgan fingerprint density at radius 1 is 1.25 bits per heavy atom. The Morgan fingerprint density at radius 2 is 2.00 bits per heavy atom. The van der Waals surface area contributed by atoms with Crippen LogP contribution in [0.3, 0.4) is 0 Å². The molecule has 130 valence electrons. The van der Waals surface area contributed by atoms with Crippen molar-refractivity contribution in [1.82, 2.24) is 10.2 Å². The number of ether oxygens (including phenoxy) is 1. The molecule has 0 amide bonds. The quantitative estimate of drug-likeness (QED) is 0.854. The maximum atomic E-state index is 11.5. The van der Waals surface area contributed by atoms with Crippen molar-refractivity contribution in [3.05, 3.63) is 24.3 Å². The third-order valence-electron chi connectivity index (χ3n) is 3.89. The molecule has 1 aliphatic heterocycles. The third-order valence-corrected chi connectivity index (χ3v) is 5.60. The first-order valence-corrected chi connectivity index (χ1v) is 9.92. The van der Waals surface area contributed by atoms with Crippen LogP contribution in [0.1, 0.15) is 26.2 Å². The number of sulfone groups is 1. The second-order valence-electron chi connectivity index (χ2n) is 5.83. The second-order valence-corrected chi connectivity index (χ2v) is 8.13. The number of anilines is 1. The summed E-state index contributed by atoms with van der Waals surface area (Å²) in [6.45, 7) is 2.66. The van der Waals surface area contributed by atoms with Crippen LogP contribution in [0, 0.1) is 0 Å². The van der Waals surface area contributed by atoms with E-state index < -0.39 is 9.84 Å². The van der Waals surface area contributed by atoms with Gasteiger partial charge in [-0.15, -0.1) is 5.10 Å². The highest BCUT2D eigenvalue weighted by Crippen LogP contribution is 2.30. The third kappa shape index (κ3) is 4.05. The lowest BCUT2D eigenvalue weighted by atomic mass is 10.2. The number of aromatic nitrogens is 2. The van der Waals surface area contributed by atoms with Crippen LogP contribution in [0.4, 0.5) is 6.01 Å². The zero-order valence-corrected chi connectivity index (χ0v) is 14.4. The molecule has 1 aromatic carbocycles. The van der Waals surface area contributed by atoms with Crippen LogP contribution in [0.25, 0.3) is 11.5 Å². The molecule has 8 heteroatoms. The number of hydrogen-bond acceptors (Lipinski definition) is 7. The largest absolute Gasteiger partial charge is 0.493 e. The van der Waals surface area contributed by atoms with Crippen LogP contribution in [0.5, 0.6) is 5.75 Å². The normalized spacial score (nSPS) is 17.5. The van der Waals surface area contributed by atoms with E-state index >= 15 is 0 Å². The number of rotatable bonds is 6. The van der Waals surface area contributed by atoms with Crippen molar-refractivity contribution >= 4 is 15.9 Å². The number of para-hydroxylation sites is 1. The van der Waals surface area contributed by atoms with Crippen molar-refractivity contribution in [3.63, 3.8) is 0 Å². The molecule has 1 aromatic heterocycles. The van der Waals surface area contributed by atoms with Gasteiger partial charge in [-0.05, 0) is 31.4 Å². The van der Waals surface area contributed by atoms with Gasteiger partial charge in [-0.2, -0.15) is 0 Å². The minimum atomic E-state index is -2.88. The molecule has 2 heterocycles. The van der Waals surface area contributed by atoms with Crippen molar-refractivity contribution in [2.75, 3.05) is 23.4 Å². The summed E-state index contributed by atoms with van der Waals surface area (Å²) in [6, 6.07) is 7.86. The van der Waals surface area contributed by atoms with Crippen LogP contribution in [0.15, 0.2) is 28.7 Å². The molecule has 0 atom stereocenters. The predicted molar refractivity (Wildman–Crippen MR) is 90.8 cm³/mol. The Balaban J connectivity index is 1.70. The molecule has 3 rings (SSSR count). The van der Waals surface area contributed by atoms with Gasteiger partial charge in [0.1, 0.15) is 15.6 Å². The first-order chi connectivity index (χ1) is 11.6. The fourth-order valence-corrected chi connectivity index (χ4v) is 4.07. The van der Waals surface area contributed by atoms with E-state index in [1.54, 1.807) is 0 Å². The van der Waals surface area contributed by atoms with Crippen molar-refractivity contribution in [1.29, 1.82) is 0 Å². The number of nitrogens with one attached hydrogen (secondary N) is 1.